The minimum atomic E-state index is -3.66. The van der Waals surface area contributed by atoms with Crippen LogP contribution in [0.1, 0.15) is 39.0 Å². The molecule has 1 aromatic rings. The quantitative estimate of drug-likeness (QED) is 0.450. The van der Waals surface area contributed by atoms with Crippen LogP contribution < -0.4 is 4.72 Å². The van der Waals surface area contributed by atoms with E-state index in [1.54, 1.807) is 6.08 Å². The maximum atomic E-state index is 12.2. The van der Waals surface area contributed by atoms with Crippen LogP contribution in [0.25, 0.3) is 0 Å². The van der Waals surface area contributed by atoms with Gasteiger partial charge in [0.2, 0.25) is 10.0 Å². The molecule has 1 aromatic heterocycles. The summed E-state index contributed by atoms with van der Waals surface area (Å²) in [6.07, 6.45) is 9.36. The third-order valence-electron chi connectivity index (χ3n) is 3.32. The van der Waals surface area contributed by atoms with Gasteiger partial charge in [0.15, 0.2) is 0 Å². The van der Waals surface area contributed by atoms with Gasteiger partial charge in [-0.2, -0.15) is 0 Å². The molecule has 23 heavy (non-hydrogen) atoms. The molecule has 0 fully saturated rings. The third kappa shape index (κ3) is 7.18. The molecule has 0 aliphatic heterocycles. The van der Waals surface area contributed by atoms with Crippen molar-refractivity contribution in [1.29, 1.82) is 0 Å². The van der Waals surface area contributed by atoms with Gasteiger partial charge < -0.3 is 5.11 Å². The molecule has 0 amide bonds. The Balaban J connectivity index is 2.67. The number of hydrogen-bond donors (Lipinski definition) is 2. The zero-order valence-corrected chi connectivity index (χ0v) is 15.7. The van der Waals surface area contributed by atoms with Gasteiger partial charge in [-0.15, -0.1) is 17.9 Å². The summed E-state index contributed by atoms with van der Waals surface area (Å²) >= 11 is 6.76. The number of unbranched alkanes of at least 4 members (excludes halogenated alkanes) is 2. The molecule has 0 aliphatic rings. The molecule has 1 atom stereocenters. The van der Waals surface area contributed by atoms with E-state index in [0.717, 1.165) is 30.6 Å². The Bertz CT molecular complexity index is 625. The predicted molar refractivity (Wildman–Crippen MR) is 97.6 cm³/mol. The van der Waals surface area contributed by atoms with E-state index in [1.165, 1.54) is 12.1 Å². The monoisotopic (exact) mass is 377 g/mol. The first-order valence-electron chi connectivity index (χ1n) is 7.56. The van der Waals surface area contributed by atoms with Gasteiger partial charge in [0.25, 0.3) is 0 Å². The maximum Gasteiger partial charge on any atom is 0.250 e. The predicted octanol–water partition coefficient (Wildman–Crippen LogP) is 4.12. The Morgan fingerprint density at radius 1 is 1.39 bits per heavy atom. The summed E-state index contributed by atoms with van der Waals surface area (Å²) < 4.78 is 27.4. The lowest BCUT2D eigenvalue weighted by atomic mass is 9.95. The second kappa shape index (κ2) is 9.59. The van der Waals surface area contributed by atoms with Gasteiger partial charge in [0.05, 0.1) is 9.94 Å². The highest BCUT2D eigenvalue weighted by Gasteiger charge is 2.27. The van der Waals surface area contributed by atoms with Gasteiger partial charge in [0, 0.05) is 6.54 Å². The third-order valence-corrected chi connectivity index (χ3v) is 6.44. The first kappa shape index (κ1) is 20.4. The van der Waals surface area contributed by atoms with E-state index in [4.69, 9.17) is 11.6 Å². The van der Waals surface area contributed by atoms with Crippen LogP contribution in [0, 0.1) is 0 Å². The summed E-state index contributed by atoms with van der Waals surface area (Å²) in [6, 6.07) is 2.99. The van der Waals surface area contributed by atoms with Crippen LogP contribution in [0.2, 0.25) is 4.34 Å². The minimum absolute atomic E-state index is 0.0744. The molecule has 0 unspecified atom stereocenters. The largest absolute Gasteiger partial charge is 0.388 e. The fraction of sp³-hybridized carbons (Fsp3) is 0.500. The highest BCUT2D eigenvalue weighted by Crippen LogP contribution is 2.26. The lowest BCUT2D eigenvalue weighted by Gasteiger charge is -2.25. The van der Waals surface area contributed by atoms with Crippen molar-refractivity contribution in [3.63, 3.8) is 0 Å². The molecule has 130 valence electrons. The Labute approximate surface area is 147 Å². The molecule has 0 radical (unpaired) electrons. The molecule has 0 saturated heterocycles. The molecule has 0 bridgehead atoms. The average Bonchev–Trinajstić information content (AvgIpc) is 2.93. The summed E-state index contributed by atoms with van der Waals surface area (Å²) in [5, 5.41) is 10.6. The Kier molecular flexibility index (Phi) is 8.50. The van der Waals surface area contributed by atoms with E-state index in [0.29, 0.717) is 17.2 Å². The number of aliphatic hydroxyl groups is 1. The lowest BCUT2D eigenvalue weighted by molar-refractivity contribution is 0.0516. The van der Waals surface area contributed by atoms with Crippen molar-refractivity contribution in [2.75, 3.05) is 6.54 Å². The number of thiophene rings is 1. The summed E-state index contributed by atoms with van der Waals surface area (Å²) in [7, 11) is -3.66. The van der Waals surface area contributed by atoms with Crippen molar-refractivity contribution in [2.24, 2.45) is 0 Å². The number of hydrogen-bond acceptors (Lipinski definition) is 4. The zero-order chi connectivity index (χ0) is 17.3. The smallest absolute Gasteiger partial charge is 0.250 e. The summed E-state index contributed by atoms with van der Waals surface area (Å²) in [5.74, 6) is 0. The van der Waals surface area contributed by atoms with Gasteiger partial charge in [-0.1, -0.05) is 49.6 Å². The molecular formula is C16H24ClNO3S2. The van der Waals surface area contributed by atoms with E-state index in [-0.39, 0.29) is 10.8 Å². The second-order valence-electron chi connectivity index (χ2n) is 5.42. The normalized spacial score (nSPS) is 14.9. The van der Waals surface area contributed by atoms with Crippen LogP contribution in [0.3, 0.4) is 0 Å². The van der Waals surface area contributed by atoms with E-state index < -0.39 is 15.6 Å². The molecule has 2 N–H and O–H groups in total. The second-order valence-corrected chi connectivity index (χ2v) is 9.13. The minimum Gasteiger partial charge on any atom is -0.388 e. The average molecular weight is 378 g/mol. The SMILES string of the molecule is C=CC[C@](O)(CC=CCCCC)CNS(=O)(=O)c1ccc(Cl)s1. The molecule has 0 aliphatic carbocycles. The topological polar surface area (TPSA) is 66.4 Å². The molecule has 7 heteroatoms. The van der Waals surface area contributed by atoms with Gasteiger partial charge in [-0.3, -0.25) is 0 Å². The number of sulfonamides is 1. The van der Waals surface area contributed by atoms with Crippen LogP contribution in [0.5, 0.6) is 0 Å². The molecular weight excluding hydrogens is 354 g/mol. The molecule has 4 nitrogen and oxygen atoms in total. The van der Waals surface area contributed by atoms with Gasteiger partial charge in [-0.05, 0) is 31.4 Å². The first-order chi connectivity index (χ1) is 10.8. The van der Waals surface area contributed by atoms with Crippen LogP contribution >= 0.6 is 22.9 Å². The molecule has 0 aromatic carbocycles. The van der Waals surface area contributed by atoms with Crippen molar-refractivity contribution in [2.45, 2.75) is 48.8 Å². The standard InChI is InChI=1S/C16H24ClNO3S2/c1-3-5-6-7-8-12-16(19,11-4-2)13-18-23(20,21)15-10-9-14(17)22-15/h4,7-10,18-19H,2-3,5-6,11-13H2,1H3/t16-/m0/s1. The molecule has 1 heterocycles. The van der Waals surface area contributed by atoms with Gasteiger partial charge in [0.1, 0.15) is 4.21 Å². The first-order valence-corrected chi connectivity index (χ1v) is 10.2. The van der Waals surface area contributed by atoms with Gasteiger partial charge in [-0.25, -0.2) is 13.1 Å². The van der Waals surface area contributed by atoms with Crippen molar-refractivity contribution in [3.05, 3.63) is 41.3 Å². The van der Waals surface area contributed by atoms with Gasteiger partial charge >= 0.3 is 0 Å². The number of rotatable bonds is 11. The van der Waals surface area contributed by atoms with Crippen molar-refractivity contribution in [1.82, 2.24) is 4.72 Å². The Morgan fingerprint density at radius 3 is 2.70 bits per heavy atom. The molecule has 0 saturated carbocycles. The van der Waals surface area contributed by atoms with Crippen LogP contribution in [-0.4, -0.2) is 25.7 Å². The van der Waals surface area contributed by atoms with Crippen LogP contribution in [-0.2, 0) is 10.0 Å². The highest BCUT2D eigenvalue weighted by atomic mass is 35.5. The molecule has 1 rings (SSSR count). The number of allylic oxidation sites excluding steroid dienone is 1. The van der Waals surface area contributed by atoms with E-state index in [1.807, 2.05) is 12.2 Å². The van der Waals surface area contributed by atoms with Crippen molar-refractivity contribution >= 4 is 33.0 Å². The maximum absolute atomic E-state index is 12.2. The Morgan fingerprint density at radius 2 is 2.13 bits per heavy atom. The van der Waals surface area contributed by atoms with E-state index in [9.17, 15) is 13.5 Å². The summed E-state index contributed by atoms with van der Waals surface area (Å²) in [6.45, 7) is 5.68. The van der Waals surface area contributed by atoms with Crippen LogP contribution in [0.15, 0.2) is 41.1 Å². The van der Waals surface area contributed by atoms with Crippen molar-refractivity contribution < 1.29 is 13.5 Å². The fourth-order valence-electron chi connectivity index (χ4n) is 1.98. The highest BCUT2D eigenvalue weighted by molar-refractivity contribution is 7.91. The number of halogens is 1. The van der Waals surface area contributed by atoms with Crippen molar-refractivity contribution in [3.8, 4) is 0 Å². The summed E-state index contributed by atoms with van der Waals surface area (Å²) in [4.78, 5) is 0. The van der Waals surface area contributed by atoms with E-state index in [2.05, 4.69) is 18.2 Å². The van der Waals surface area contributed by atoms with Crippen LogP contribution in [0.4, 0.5) is 0 Å². The molecule has 0 spiro atoms. The van der Waals surface area contributed by atoms with E-state index >= 15 is 0 Å². The zero-order valence-electron chi connectivity index (χ0n) is 13.3. The Hall–Kier alpha value is -0.660. The lowest BCUT2D eigenvalue weighted by Crippen LogP contribution is -2.42. The number of nitrogens with one attached hydrogen (secondary N) is 1. The summed E-state index contributed by atoms with van der Waals surface area (Å²) in [5.41, 5.74) is -1.18. The fourth-order valence-corrected chi connectivity index (χ4v) is 4.63.